The molecule has 1 saturated carbocycles. The highest BCUT2D eigenvalue weighted by molar-refractivity contribution is 9.10. The van der Waals surface area contributed by atoms with Crippen molar-refractivity contribution in [3.05, 3.63) is 34.1 Å². The van der Waals surface area contributed by atoms with E-state index in [1.807, 2.05) is 0 Å². The lowest BCUT2D eigenvalue weighted by Crippen LogP contribution is -2.39. The van der Waals surface area contributed by atoms with Crippen LogP contribution in [0.2, 0.25) is 0 Å². The zero-order valence-corrected chi connectivity index (χ0v) is 11.4. The minimum atomic E-state index is -0.541. The van der Waals surface area contributed by atoms with Crippen LogP contribution in [0.3, 0.4) is 0 Å². The van der Waals surface area contributed by atoms with Crippen molar-refractivity contribution in [3.63, 3.8) is 0 Å². The second kappa shape index (κ2) is 5.80. The molecule has 0 aromatic heterocycles. The fourth-order valence-corrected chi connectivity index (χ4v) is 2.92. The van der Waals surface area contributed by atoms with Gasteiger partial charge in [0, 0.05) is 23.0 Å². The Morgan fingerprint density at radius 1 is 1.50 bits per heavy atom. The Hall–Kier alpha value is -0.940. The van der Waals surface area contributed by atoms with Crippen molar-refractivity contribution in [2.24, 2.45) is 5.92 Å². The number of rotatable bonds is 3. The molecule has 0 aliphatic heterocycles. The van der Waals surface area contributed by atoms with E-state index in [4.69, 9.17) is 0 Å². The van der Waals surface area contributed by atoms with Gasteiger partial charge in [-0.25, -0.2) is 4.39 Å². The van der Waals surface area contributed by atoms with Gasteiger partial charge in [0.05, 0.1) is 5.56 Å². The van der Waals surface area contributed by atoms with E-state index in [9.17, 15) is 14.3 Å². The summed E-state index contributed by atoms with van der Waals surface area (Å²) in [5.41, 5.74) is 0.0288. The molecular formula is C13H15BrFNO2. The second-order valence-electron chi connectivity index (χ2n) is 4.55. The average molecular weight is 316 g/mol. The topological polar surface area (TPSA) is 49.3 Å². The Bertz CT molecular complexity index is 432. The van der Waals surface area contributed by atoms with Crippen molar-refractivity contribution in [2.45, 2.75) is 25.3 Å². The third kappa shape index (κ3) is 2.72. The van der Waals surface area contributed by atoms with Crippen molar-refractivity contribution >= 4 is 21.8 Å². The molecule has 1 aromatic rings. The van der Waals surface area contributed by atoms with Crippen LogP contribution in [0.4, 0.5) is 4.39 Å². The van der Waals surface area contributed by atoms with E-state index in [0.29, 0.717) is 4.47 Å². The molecule has 1 fully saturated rings. The monoisotopic (exact) mass is 315 g/mol. The van der Waals surface area contributed by atoms with Gasteiger partial charge in [-0.2, -0.15) is 0 Å². The average Bonchev–Trinajstić information content (AvgIpc) is 2.76. The maximum atomic E-state index is 13.6. The van der Waals surface area contributed by atoms with E-state index in [0.717, 1.165) is 19.3 Å². The standard InChI is InChI=1S/C13H15BrFNO2/c14-9-4-2-5-10(15)12(9)13(18)16-11-6-1-3-8(11)7-17/h2,4-5,8,11,17H,1,3,6-7H2,(H,16,18). The van der Waals surface area contributed by atoms with E-state index >= 15 is 0 Å². The van der Waals surface area contributed by atoms with Crippen molar-refractivity contribution in [1.29, 1.82) is 0 Å². The molecule has 3 nitrogen and oxygen atoms in total. The summed E-state index contributed by atoms with van der Waals surface area (Å²) in [6, 6.07) is 4.38. The number of benzene rings is 1. The van der Waals surface area contributed by atoms with Gasteiger partial charge in [-0.3, -0.25) is 4.79 Å². The number of hydrogen-bond donors (Lipinski definition) is 2. The Labute approximate surface area is 114 Å². The normalized spacial score (nSPS) is 23.1. The van der Waals surface area contributed by atoms with Crippen molar-refractivity contribution in [1.82, 2.24) is 5.32 Å². The summed E-state index contributed by atoms with van der Waals surface area (Å²) in [7, 11) is 0. The van der Waals surface area contributed by atoms with Crippen LogP contribution < -0.4 is 5.32 Å². The van der Waals surface area contributed by atoms with Crippen LogP contribution in [0.1, 0.15) is 29.6 Å². The lowest BCUT2D eigenvalue weighted by Gasteiger charge is -2.19. The minimum Gasteiger partial charge on any atom is -0.396 e. The number of amides is 1. The van der Waals surface area contributed by atoms with Gasteiger partial charge < -0.3 is 10.4 Å². The first kappa shape index (κ1) is 13.5. The SMILES string of the molecule is O=C(NC1CCCC1CO)c1c(F)cccc1Br. The third-order valence-electron chi connectivity index (χ3n) is 3.40. The van der Waals surface area contributed by atoms with Crippen molar-refractivity contribution < 1.29 is 14.3 Å². The molecule has 2 N–H and O–H groups in total. The van der Waals surface area contributed by atoms with Crippen LogP contribution in [0.15, 0.2) is 22.7 Å². The molecule has 0 heterocycles. The maximum Gasteiger partial charge on any atom is 0.255 e. The van der Waals surface area contributed by atoms with Gasteiger partial charge in [-0.1, -0.05) is 12.5 Å². The van der Waals surface area contributed by atoms with Crippen molar-refractivity contribution in [3.8, 4) is 0 Å². The molecule has 5 heteroatoms. The highest BCUT2D eigenvalue weighted by Gasteiger charge is 2.29. The summed E-state index contributed by atoms with van der Waals surface area (Å²) in [6.07, 6.45) is 2.72. The smallest absolute Gasteiger partial charge is 0.255 e. The summed E-state index contributed by atoms with van der Waals surface area (Å²) >= 11 is 3.18. The van der Waals surface area contributed by atoms with Crippen molar-refractivity contribution in [2.75, 3.05) is 6.61 Å². The zero-order chi connectivity index (χ0) is 13.1. The first-order valence-electron chi connectivity index (χ1n) is 5.99. The predicted molar refractivity (Wildman–Crippen MR) is 69.8 cm³/mol. The summed E-state index contributed by atoms with van der Waals surface area (Å²) in [5.74, 6) is -0.884. The van der Waals surface area contributed by atoms with Crippen LogP contribution in [0.25, 0.3) is 0 Å². The molecule has 2 atom stereocenters. The molecule has 18 heavy (non-hydrogen) atoms. The maximum absolute atomic E-state index is 13.6. The van der Waals surface area contributed by atoms with Gasteiger partial charge in [0.2, 0.25) is 0 Å². The molecule has 1 aromatic carbocycles. The fraction of sp³-hybridized carbons (Fsp3) is 0.462. The van der Waals surface area contributed by atoms with Crippen LogP contribution in [-0.4, -0.2) is 23.7 Å². The summed E-state index contributed by atoms with van der Waals surface area (Å²) in [5, 5.41) is 12.0. The van der Waals surface area contributed by atoms with Gasteiger partial charge >= 0.3 is 0 Å². The van der Waals surface area contributed by atoms with Crippen LogP contribution in [0.5, 0.6) is 0 Å². The molecule has 0 radical (unpaired) electrons. The molecule has 0 bridgehead atoms. The summed E-state index contributed by atoms with van der Waals surface area (Å²) < 4.78 is 14.1. The van der Waals surface area contributed by atoms with E-state index in [1.165, 1.54) is 6.07 Å². The Kier molecular flexibility index (Phi) is 4.35. The molecule has 2 unspecified atom stereocenters. The Balaban J connectivity index is 2.12. The molecule has 1 aliphatic carbocycles. The fourth-order valence-electron chi connectivity index (χ4n) is 2.40. The molecular weight excluding hydrogens is 301 g/mol. The quantitative estimate of drug-likeness (QED) is 0.900. The van der Waals surface area contributed by atoms with Gasteiger partial charge in [0.25, 0.3) is 5.91 Å². The highest BCUT2D eigenvalue weighted by Crippen LogP contribution is 2.26. The van der Waals surface area contributed by atoms with Gasteiger partial charge in [0.15, 0.2) is 0 Å². The Morgan fingerprint density at radius 2 is 2.28 bits per heavy atom. The van der Waals surface area contributed by atoms with Gasteiger partial charge in [-0.15, -0.1) is 0 Å². The predicted octanol–water partition coefficient (Wildman–Crippen LogP) is 2.48. The number of aliphatic hydroxyl groups excluding tert-OH is 1. The van der Waals surface area contributed by atoms with Crippen LogP contribution in [0, 0.1) is 11.7 Å². The zero-order valence-electron chi connectivity index (χ0n) is 9.83. The van der Waals surface area contributed by atoms with E-state index in [-0.39, 0.29) is 24.1 Å². The van der Waals surface area contributed by atoms with Gasteiger partial charge in [-0.05, 0) is 40.9 Å². The number of halogens is 2. The lowest BCUT2D eigenvalue weighted by molar-refractivity contribution is 0.0911. The summed E-state index contributed by atoms with van der Waals surface area (Å²) in [4.78, 5) is 12.0. The van der Waals surface area contributed by atoms with Gasteiger partial charge in [0.1, 0.15) is 5.82 Å². The number of carbonyl (C=O) groups excluding carboxylic acids is 1. The molecule has 1 aliphatic rings. The molecule has 2 rings (SSSR count). The number of aliphatic hydroxyl groups is 1. The highest BCUT2D eigenvalue weighted by atomic mass is 79.9. The third-order valence-corrected chi connectivity index (χ3v) is 4.06. The number of hydrogen-bond acceptors (Lipinski definition) is 2. The van der Waals surface area contributed by atoms with E-state index in [1.54, 1.807) is 12.1 Å². The first-order chi connectivity index (χ1) is 8.63. The Morgan fingerprint density at radius 3 is 2.94 bits per heavy atom. The minimum absolute atomic E-state index is 0.0288. The van der Waals surface area contributed by atoms with E-state index < -0.39 is 11.7 Å². The van der Waals surface area contributed by atoms with Crippen LogP contribution in [-0.2, 0) is 0 Å². The van der Waals surface area contributed by atoms with Crippen LogP contribution >= 0.6 is 15.9 Å². The number of carbonyl (C=O) groups is 1. The molecule has 1 amide bonds. The number of nitrogens with one attached hydrogen (secondary N) is 1. The molecule has 0 saturated heterocycles. The first-order valence-corrected chi connectivity index (χ1v) is 6.78. The molecule has 0 spiro atoms. The summed E-state index contributed by atoms with van der Waals surface area (Å²) in [6.45, 7) is 0.0589. The molecule has 98 valence electrons. The second-order valence-corrected chi connectivity index (χ2v) is 5.40. The van der Waals surface area contributed by atoms with E-state index in [2.05, 4.69) is 21.2 Å². The largest absolute Gasteiger partial charge is 0.396 e. The lowest BCUT2D eigenvalue weighted by atomic mass is 10.0.